The molecule has 6 nitrogen and oxygen atoms in total. The Morgan fingerprint density at radius 3 is 2.48 bits per heavy atom. The number of alkyl halides is 6. The second kappa shape index (κ2) is 5.50. The third-order valence-electron chi connectivity index (χ3n) is 3.00. The van der Waals surface area contributed by atoms with Crippen LogP contribution in [0.5, 0.6) is 5.75 Å². The third-order valence-corrected chi connectivity index (χ3v) is 3.00. The van der Waals surface area contributed by atoms with E-state index in [0.29, 0.717) is 0 Å². The lowest BCUT2D eigenvalue weighted by molar-refractivity contribution is -0.274. The number of aromatic nitrogens is 4. The highest BCUT2D eigenvalue weighted by molar-refractivity contribution is 5.75. The summed E-state index contributed by atoms with van der Waals surface area (Å²) in [7, 11) is 0. The second-order valence-electron chi connectivity index (χ2n) is 4.75. The van der Waals surface area contributed by atoms with Crippen molar-refractivity contribution >= 4 is 11.0 Å². The molecule has 0 aliphatic carbocycles. The molecule has 0 saturated heterocycles. The molecule has 0 unspecified atom stereocenters. The number of hydrogen-bond acceptors (Lipinski definition) is 4. The molecule has 0 atom stereocenters. The van der Waals surface area contributed by atoms with E-state index in [1.54, 1.807) is 4.98 Å². The van der Waals surface area contributed by atoms with Crippen LogP contribution < -0.4 is 10.3 Å². The van der Waals surface area contributed by atoms with E-state index in [2.05, 4.69) is 14.8 Å². The van der Waals surface area contributed by atoms with Crippen molar-refractivity contribution in [3.8, 4) is 11.4 Å². The van der Waals surface area contributed by atoms with Gasteiger partial charge in [-0.2, -0.15) is 18.3 Å². The Balaban J connectivity index is 2.15. The van der Waals surface area contributed by atoms with Crippen LogP contribution in [0.25, 0.3) is 16.7 Å². The summed E-state index contributed by atoms with van der Waals surface area (Å²) in [5.74, 6) is -2.15. The quantitative estimate of drug-likeness (QED) is 0.710. The zero-order chi connectivity index (χ0) is 18.4. The molecule has 12 heteroatoms. The van der Waals surface area contributed by atoms with E-state index in [1.165, 1.54) is 12.1 Å². The van der Waals surface area contributed by atoms with Gasteiger partial charge in [0.25, 0.3) is 5.56 Å². The molecule has 0 aliphatic rings. The number of rotatable bonds is 2. The molecule has 3 aromatic rings. The van der Waals surface area contributed by atoms with Gasteiger partial charge in [-0.1, -0.05) is 6.07 Å². The predicted molar refractivity (Wildman–Crippen MR) is 71.2 cm³/mol. The Bertz CT molecular complexity index is 989. The summed E-state index contributed by atoms with van der Waals surface area (Å²) >= 11 is 0. The molecule has 1 N–H and O–H groups in total. The van der Waals surface area contributed by atoms with Gasteiger partial charge < -0.3 is 9.72 Å². The molecule has 0 radical (unpaired) electrons. The van der Waals surface area contributed by atoms with Crippen LogP contribution in [0.3, 0.4) is 0 Å². The van der Waals surface area contributed by atoms with E-state index in [4.69, 9.17) is 0 Å². The van der Waals surface area contributed by atoms with Crippen LogP contribution >= 0.6 is 0 Å². The Morgan fingerprint density at radius 2 is 1.84 bits per heavy atom. The highest BCUT2D eigenvalue weighted by atomic mass is 19.4. The first kappa shape index (κ1) is 16.8. The first-order valence-electron chi connectivity index (χ1n) is 6.46. The number of ether oxygens (including phenoxy) is 1. The normalized spacial score (nSPS) is 12.6. The highest BCUT2D eigenvalue weighted by Gasteiger charge is 2.35. The maximum Gasteiger partial charge on any atom is 0.573 e. The van der Waals surface area contributed by atoms with Crippen LogP contribution in [-0.4, -0.2) is 26.1 Å². The topological polar surface area (TPSA) is 72.8 Å². The fraction of sp³-hybridized carbons (Fsp3) is 0.154. The predicted octanol–water partition coefficient (Wildman–Crippen LogP) is 3.03. The largest absolute Gasteiger partial charge is 0.573 e. The molecule has 1 aromatic carbocycles. The van der Waals surface area contributed by atoms with Gasteiger partial charge in [-0.3, -0.25) is 4.79 Å². The first-order valence-corrected chi connectivity index (χ1v) is 6.46. The van der Waals surface area contributed by atoms with Crippen LogP contribution in [0, 0.1) is 0 Å². The van der Waals surface area contributed by atoms with Gasteiger partial charge in [0.1, 0.15) is 11.1 Å². The van der Waals surface area contributed by atoms with Gasteiger partial charge in [0.05, 0.1) is 11.9 Å². The Morgan fingerprint density at radius 1 is 1.12 bits per heavy atom. The van der Waals surface area contributed by atoms with Crippen LogP contribution in [0.2, 0.25) is 0 Å². The monoisotopic (exact) mass is 364 g/mol. The third kappa shape index (κ3) is 3.41. The van der Waals surface area contributed by atoms with Gasteiger partial charge in [0, 0.05) is 6.07 Å². The average Bonchev–Trinajstić information content (AvgIpc) is 2.89. The van der Waals surface area contributed by atoms with E-state index < -0.39 is 35.3 Å². The highest BCUT2D eigenvalue weighted by Crippen LogP contribution is 2.28. The fourth-order valence-corrected chi connectivity index (χ4v) is 2.05. The molecule has 0 amide bonds. The summed E-state index contributed by atoms with van der Waals surface area (Å²) in [6.07, 6.45) is -8.90. The number of nitrogens with zero attached hydrogens (tertiary/aromatic N) is 3. The van der Waals surface area contributed by atoms with E-state index >= 15 is 0 Å². The van der Waals surface area contributed by atoms with E-state index in [1.807, 2.05) is 0 Å². The molecular weight excluding hydrogens is 358 g/mol. The van der Waals surface area contributed by atoms with E-state index in [-0.39, 0.29) is 11.1 Å². The molecule has 25 heavy (non-hydrogen) atoms. The van der Waals surface area contributed by atoms with Crippen molar-refractivity contribution in [3.63, 3.8) is 0 Å². The Labute approximate surface area is 133 Å². The van der Waals surface area contributed by atoms with Gasteiger partial charge in [0.2, 0.25) is 5.82 Å². The molecule has 0 aliphatic heterocycles. The molecule has 132 valence electrons. The van der Waals surface area contributed by atoms with E-state index in [9.17, 15) is 31.1 Å². The Kier molecular flexibility index (Phi) is 3.69. The maximum absolute atomic E-state index is 12.8. The number of benzene rings is 1. The van der Waals surface area contributed by atoms with Crippen LogP contribution in [-0.2, 0) is 6.18 Å². The lowest BCUT2D eigenvalue weighted by Crippen LogP contribution is -2.19. The summed E-state index contributed by atoms with van der Waals surface area (Å²) < 4.78 is 79.7. The van der Waals surface area contributed by atoms with Crippen molar-refractivity contribution in [2.45, 2.75) is 12.5 Å². The summed E-state index contributed by atoms with van der Waals surface area (Å²) in [5.41, 5.74) is -1.60. The average molecular weight is 364 g/mol. The van der Waals surface area contributed by atoms with Crippen molar-refractivity contribution < 1.29 is 31.1 Å². The van der Waals surface area contributed by atoms with Gasteiger partial charge in [-0.05, 0) is 12.1 Å². The van der Waals surface area contributed by atoms with Crippen molar-refractivity contribution in [2.75, 3.05) is 0 Å². The fourth-order valence-electron chi connectivity index (χ4n) is 2.05. The number of aromatic amines is 1. The summed E-state index contributed by atoms with van der Waals surface area (Å²) in [6.45, 7) is 0. The summed E-state index contributed by atoms with van der Waals surface area (Å²) in [6, 6.07) is 4.35. The molecule has 0 spiro atoms. The maximum atomic E-state index is 12.8. The van der Waals surface area contributed by atoms with Gasteiger partial charge in [-0.25, -0.2) is 9.67 Å². The number of nitrogens with one attached hydrogen (secondary N) is 1. The van der Waals surface area contributed by atoms with E-state index in [0.717, 1.165) is 23.0 Å². The molecule has 0 bridgehead atoms. The second-order valence-corrected chi connectivity index (χ2v) is 4.75. The standard InChI is InChI=1S/C13H6F6N4O2/c14-12(15,16)11-21-9-8(10(24)22-11)5-20-23(9)6-2-1-3-7(4-6)25-13(17,18)19/h1-5H,(H,21,22,24). The van der Waals surface area contributed by atoms with Crippen molar-refractivity contribution in [1.29, 1.82) is 0 Å². The number of halogens is 6. The number of fused-ring (bicyclic) bond motifs is 1. The lowest BCUT2D eigenvalue weighted by Gasteiger charge is -2.10. The van der Waals surface area contributed by atoms with Crippen LogP contribution in [0.4, 0.5) is 26.3 Å². The minimum atomic E-state index is -4.94. The first-order chi connectivity index (χ1) is 11.5. The SMILES string of the molecule is O=c1[nH]c(C(F)(F)F)nc2c1cnn2-c1cccc(OC(F)(F)F)c1. The zero-order valence-electron chi connectivity index (χ0n) is 11.8. The molecule has 2 heterocycles. The molecule has 0 saturated carbocycles. The van der Waals surface area contributed by atoms with Crippen LogP contribution in [0.15, 0.2) is 35.3 Å². The van der Waals surface area contributed by atoms with Gasteiger partial charge in [-0.15, -0.1) is 13.2 Å². The van der Waals surface area contributed by atoms with Gasteiger partial charge >= 0.3 is 12.5 Å². The van der Waals surface area contributed by atoms with Crippen molar-refractivity contribution in [2.24, 2.45) is 0 Å². The number of hydrogen-bond donors (Lipinski definition) is 1. The smallest absolute Gasteiger partial charge is 0.406 e. The zero-order valence-corrected chi connectivity index (χ0v) is 11.8. The lowest BCUT2D eigenvalue weighted by atomic mass is 10.3. The van der Waals surface area contributed by atoms with Crippen LogP contribution in [0.1, 0.15) is 5.82 Å². The minimum absolute atomic E-state index is 0.0667. The Hall–Kier alpha value is -3.05. The number of H-pyrrole nitrogens is 1. The molecule has 2 aromatic heterocycles. The molecule has 3 rings (SSSR count). The van der Waals surface area contributed by atoms with Gasteiger partial charge in [0.15, 0.2) is 5.65 Å². The molecular formula is C13H6F6N4O2. The minimum Gasteiger partial charge on any atom is -0.406 e. The van der Waals surface area contributed by atoms with Crippen molar-refractivity contribution in [1.82, 2.24) is 19.7 Å². The summed E-state index contributed by atoms with van der Waals surface area (Å²) in [5, 5.41) is 3.46. The van der Waals surface area contributed by atoms with Crippen molar-refractivity contribution in [3.05, 3.63) is 46.6 Å². The molecule has 0 fully saturated rings. The summed E-state index contributed by atoms with van der Waals surface area (Å²) in [4.78, 5) is 16.6.